The van der Waals surface area contributed by atoms with Gasteiger partial charge in [-0.1, -0.05) is 24.8 Å². The molecule has 0 fully saturated rings. The minimum Gasteiger partial charge on any atom is -0.484 e. The lowest BCUT2D eigenvalue weighted by Gasteiger charge is -2.19. The minimum atomic E-state index is -1.07. The van der Waals surface area contributed by atoms with Gasteiger partial charge in [0.15, 0.2) is 6.10 Å². The number of esters is 2. The molecule has 0 aliphatic rings. The van der Waals surface area contributed by atoms with Gasteiger partial charge in [-0.2, -0.15) is 0 Å². The molecule has 1 aromatic rings. The monoisotopic (exact) mass is 366 g/mol. The molecule has 142 valence electrons. The first-order valence-corrected chi connectivity index (χ1v) is 7.97. The molecule has 1 atom stereocenters. The summed E-state index contributed by atoms with van der Waals surface area (Å²) in [5.74, 6) is -1.68. The molecule has 0 aliphatic carbocycles. The standard InChI is InChI=1S/C18H22O8/c1-2-17(21)24-11-10-23-12-15(26-14-6-4-3-5-7-14)13-25-18(22)9-8-16(19)20/h2-7,15H,1,8-13H2,(H,19,20). The highest BCUT2D eigenvalue weighted by Crippen LogP contribution is 2.12. The molecule has 0 radical (unpaired) electrons. The Kier molecular flexibility index (Phi) is 10.2. The van der Waals surface area contributed by atoms with Crippen molar-refractivity contribution in [1.29, 1.82) is 0 Å². The summed E-state index contributed by atoms with van der Waals surface area (Å²) < 4.78 is 20.9. The maximum Gasteiger partial charge on any atom is 0.330 e. The van der Waals surface area contributed by atoms with Crippen LogP contribution in [-0.2, 0) is 28.6 Å². The Bertz CT molecular complexity index is 584. The number of ether oxygens (including phenoxy) is 4. The van der Waals surface area contributed by atoms with Gasteiger partial charge in [0.05, 0.1) is 26.1 Å². The van der Waals surface area contributed by atoms with Crippen LogP contribution in [0.25, 0.3) is 0 Å². The van der Waals surface area contributed by atoms with Crippen molar-refractivity contribution in [2.24, 2.45) is 0 Å². The predicted octanol–water partition coefficient (Wildman–Crippen LogP) is 1.59. The molecule has 1 unspecified atom stereocenters. The fourth-order valence-corrected chi connectivity index (χ4v) is 1.75. The largest absolute Gasteiger partial charge is 0.484 e. The van der Waals surface area contributed by atoms with E-state index in [4.69, 9.17) is 24.1 Å². The van der Waals surface area contributed by atoms with Crippen LogP contribution in [0.4, 0.5) is 0 Å². The first-order valence-electron chi connectivity index (χ1n) is 7.97. The fraction of sp³-hybridized carbons (Fsp3) is 0.389. The highest BCUT2D eigenvalue weighted by molar-refractivity contribution is 5.81. The Labute approximate surface area is 151 Å². The first kappa shape index (κ1) is 21.2. The number of carbonyl (C=O) groups excluding carboxylic acids is 2. The number of hydrogen-bond donors (Lipinski definition) is 1. The molecule has 0 aliphatic heterocycles. The highest BCUT2D eigenvalue weighted by Gasteiger charge is 2.15. The van der Waals surface area contributed by atoms with Gasteiger partial charge in [0, 0.05) is 6.08 Å². The van der Waals surface area contributed by atoms with Crippen molar-refractivity contribution < 1.29 is 38.4 Å². The van der Waals surface area contributed by atoms with E-state index in [-0.39, 0.29) is 39.3 Å². The molecule has 0 heterocycles. The summed E-state index contributed by atoms with van der Waals surface area (Å²) in [5.41, 5.74) is 0. The van der Waals surface area contributed by atoms with Crippen LogP contribution < -0.4 is 4.74 Å². The van der Waals surface area contributed by atoms with Gasteiger partial charge in [-0.3, -0.25) is 9.59 Å². The van der Waals surface area contributed by atoms with Gasteiger partial charge in [0.2, 0.25) is 0 Å². The third kappa shape index (κ3) is 10.1. The van der Waals surface area contributed by atoms with Crippen LogP contribution >= 0.6 is 0 Å². The van der Waals surface area contributed by atoms with Crippen molar-refractivity contribution in [3.8, 4) is 5.75 Å². The van der Waals surface area contributed by atoms with E-state index in [0.717, 1.165) is 6.08 Å². The van der Waals surface area contributed by atoms with Crippen LogP contribution in [0.2, 0.25) is 0 Å². The van der Waals surface area contributed by atoms with Gasteiger partial charge in [0.1, 0.15) is 19.0 Å². The summed E-state index contributed by atoms with van der Waals surface area (Å²) >= 11 is 0. The van der Waals surface area contributed by atoms with Crippen LogP contribution in [0, 0.1) is 0 Å². The number of benzene rings is 1. The summed E-state index contributed by atoms with van der Waals surface area (Å²) in [5, 5.41) is 8.56. The van der Waals surface area contributed by atoms with E-state index in [1.807, 2.05) is 6.07 Å². The zero-order chi connectivity index (χ0) is 19.2. The summed E-state index contributed by atoms with van der Waals surface area (Å²) in [7, 11) is 0. The fourth-order valence-electron chi connectivity index (χ4n) is 1.75. The van der Waals surface area contributed by atoms with Crippen molar-refractivity contribution in [2.45, 2.75) is 18.9 Å². The van der Waals surface area contributed by atoms with Crippen molar-refractivity contribution in [2.75, 3.05) is 26.4 Å². The summed E-state index contributed by atoms with van der Waals surface area (Å²) in [6.07, 6.45) is -0.0565. The van der Waals surface area contributed by atoms with Crippen molar-refractivity contribution in [1.82, 2.24) is 0 Å². The molecule has 0 saturated heterocycles. The number of hydrogen-bond acceptors (Lipinski definition) is 7. The summed E-state index contributed by atoms with van der Waals surface area (Å²) in [4.78, 5) is 32.9. The molecular formula is C18H22O8. The normalized spacial score (nSPS) is 11.2. The molecule has 1 rings (SSSR count). The molecular weight excluding hydrogens is 344 g/mol. The molecule has 0 amide bonds. The van der Waals surface area contributed by atoms with Crippen molar-refractivity contribution in [3.63, 3.8) is 0 Å². The lowest BCUT2D eigenvalue weighted by atomic mass is 10.3. The van der Waals surface area contributed by atoms with Gasteiger partial charge in [-0.15, -0.1) is 0 Å². The summed E-state index contributed by atoms with van der Waals surface area (Å²) in [6.45, 7) is 3.47. The van der Waals surface area contributed by atoms with E-state index in [0.29, 0.717) is 5.75 Å². The molecule has 1 aromatic carbocycles. The van der Waals surface area contributed by atoms with Gasteiger partial charge >= 0.3 is 17.9 Å². The smallest absolute Gasteiger partial charge is 0.330 e. The van der Waals surface area contributed by atoms with E-state index in [1.165, 1.54) is 0 Å². The maximum atomic E-state index is 11.5. The molecule has 8 nitrogen and oxygen atoms in total. The number of rotatable bonds is 13. The van der Waals surface area contributed by atoms with E-state index in [9.17, 15) is 14.4 Å². The molecule has 1 N–H and O–H groups in total. The Morgan fingerprint density at radius 3 is 2.42 bits per heavy atom. The van der Waals surface area contributed by atoms with E-state index < -0.39 is 24.0 Å². The average molecular weight is 366 g/mol. The van der Waals surface area contributed by atoms with E-state index >= 15 is 0 Å². The Morgan fingerprint density at radius 1 is 1.04 bits per heavy atom. The Hall–Kier alpha value is -2.87. The second kappa shape index (κ2) is 12.5. The van der Waals surface area contributed by atoms with Gasteiger partial charge in [-0.25, -0.2) is 4.79 Å². The second-order valence-corrected chi connectivity index (χ2v) is 5.08. The van der Waals surface area contributed by atoms with Gasteiger partial charge < -0.3 is 24.1 Å². The molecule has 26 heavy (non-hydrogen) atoms. The minimum absolute atomic E-state index is 0.0569. The topological polar surface area (TPSA) is 108 Å². The summed E-state index contributed by atoms with van der Waals surface area (Å²) in [6, 6.07) is 8.90. The predicted molar refractivity (Wildman–Crippen MR) is 90.7 cm³/mol. The number of aliphatic carboxylic acids is 1. The third-order valence-electron chi connectivity index (χ3n) is 2.96. The van der Waals surface area contributed by atoms with Crippen LogP contribution in [0.1, 0.15) is 12.8 Å². The van der Waals surface area contributed by atoms with Crippen molar-refractivity contribution >= 4 is 17.9 Å². The molecule has 0 spiro atoms. The first-order chi connectivity index (χ1) is 12.5. The van der Waals surface area contributed by atoms with Crippen LogP contribution in [-0.4, -0.2) is 55.5 Å². The quantitative estimate of drug-likeness (QED) is 0.318. The third-order valence-corrected chi connectivity index (χ3v) is 2.96. The lowest BCUT2D eigenvalue weighted by Crippen LogP contribution is -2.30. The molecule has 0 bridgehead atoms. The molecule has 0 saturated carbocycles. The van der Waals surface area contributed by atoms with E-state index in [2.05, 4.69) is 6.58 Å². The molecule has 8 heteroatoms. The Balaban J connectivity index is 2.42. The highest BCUT2D eigenvalue weighted by atomic mass is 16.6. The number of carboxylic acids is 1. The van der Waals surface area contributed by atoms with Gasteiger partial charge in [-0.05, 0) is 12.1 Å². The average Bonchev–Trinajstić information content (AvgIpc) is 2.64. The van der Waals surface area contributed by atoms with Crippen LogP contribution in [0.5, 0.6) is 5.75 Å². The second-order valence-electron chi connectivity index (χ2n) is 5.08. The Morgan fingerprint density at radius 2 is 1.77 bits per heavy atom. The molecule has 0 aromatic heterocycles. The number of para-hydroxylation sites is 1. The zero-order valence-electron chi connectivity index (χ0n) is 14.3. The van der Waals surface area contributed by atoms with Crippen molar-refractivity contribution in [3.05, 3.63) is 43.0 Å². The lowest BCUT2D eigenvalue weighted by molar-refractivity contribution is -0.150. The zero-order valence-corrected chi connectivity index (χ0v) is 14.3. The van der Waals surface area contributed by atoms with Crippen LogP contribution in [0.3, 0.4) is 0 Å². The maximum absolute atomic E-state index is 11.5. The van der Waals surface area contributed by atoms with Crippen LogP contribution in [0.15, 0.2) is 43.0 Å². The number of carbonyl (C=O) groups is 3. The number of carboxylic acid groups (broad SMARTS) is 1. The van der Waals surface area contributed by atoms with E-state index in [1.54, 1.807) is 24.3 Å². The SMILES string of the molecule is C=CC(=O)OCCOCC(COC(=O)CCC(=O)O)Oc1ccccc1. The van der Waals surface area contributed by atoms with Gasteiger partial charge in [0.25, 0.3) is 0 Å².